The monoisotopic (exact) mass is 333 g/mol. The molecule has 0 aromatic rings. The smallest absolute Gasteiger partial charge is 0.186 e. The zero-order valence-corrected chi connectivity index (χ0v) is 13.1. The van der Waals surface area contributed by atoms with Crippen LogP contribution in [0.15, 0.2) is 0 Å². The second-order valence-corrected chi connectivity index (χ2v) is 6.14. The number of aliphatic hydroxyl groups excluding tert-OH is 4. The van der Waals surface area contributed by atoms with Gasteiger partial charge < -0.3 is 35.2 Å². The fourth-order valence-corrected chi connectivity index (χ4v) is 2.94. The zero-order valence-electron chi connectivity index (χ0n) is 13.1. The Bertz CT molecular complexity index is 373. The van der Waals surface area contributed by atoms with Gasteiger partial charge in [0, 0.05) is 13.0 Å². The van der Waals surface area contributed by atoms with Crippen LogP contribution in [0.4, 0.5) is 0 Å². The van der Waals surface area contributed by atoms with Crippen molar-refractivity contribution in [3.8, 4) is 0 Å². The highest BCUT2D eigenvalue weighted by molar-refractivity contribution is 5.84. The summed E-state index contributed by atoms with van der Waals surface area (Å²) >= 11 is 0. The molecule has 0 spiro atoms. The Morgan fingerprint density at radius 2 is 1.96 bits per heavy atom. The summed E-state index contributed by atoms with van der Waals surface area (Å²) in [5, 5.41) is 41.4. The van der Waals surface area contributed by atoms with Crippen molar-refractivity contribution in [3.05, 3.63) is 0 Å². The molecule has 0 saturated carbocycles. The number of carbonyl (C=O) groups excluding carboxylic acids is 1. The molecule has 6 unspecified atom stereocenters. The Morgan fingerprint density at radius 3 is 2.61 bits per heavy atom. The van der Waals surface area contributed by atoms with Gasteiger partial charge in [-0.2, -0.15) is 0 Å². The Labute approximate surface area is 135 Å². The van der Waals surface area contributed by atoms with Gasteiger partial charge in [0.15, 0.2) is 6.29 Å². The van der Waals surface area contributed by atoms with Crippen molar-refractivity contribution in [2.24, 2.45) is 0 Å². The van der Waals surface area contributed by atoms with E-state index in [0.717, 1.165) is 19.4 Å². The molecule has 0 aromatic heterocycles. The van der Waals surface area contributed by atoms with Crippen LogP contribution in [0, 0.1) is 0 Å². The first-order valence-electron chi connectivity index (χ1n) is 8.23. The Balaban J connectivity index is 1.64. The van der Waals surface area contributed by atoms with E-state index in [1.54, 1.807) is 0 Å². The molecule has 2 aliphatic heterocycles. The largest absolute Gasteiger partial charge is 0.394 e. The highest BCUT2D eigenvalue weighted by Crippen LogP contribution is 2.22. The van der Waals surface area contributed by atoms with Crippen LogP contribution in [0.3, 0.4) is 0 Å². The molecule has 0 amide bonds. The van der Waals surface area contributed by atoms with Crippen LogP contribution in [-0.4, -0.2) is 82.7 Å². The molecule has 2 rings (SSSR count). The van der Waals surface area contributed by atoms with Crippen molar-refractivity contribution < 1.29 is 34.7 Å². The fourth-order valence-electron chi connectivity index (χ4n) is 2.94. The molecule has 6 atom stereocenters. The maximum Gasteiger partial charge on any atom is 0.186 e. The molecule has 0 bridgehead atoms. The van der Waals surface area contributed by atoms with E-state index in [9.17, 15) is 20.1 Å². The second-order valence-electron chi connectivity index (χ2n) is 6.14. The second kappa shape index (κ2) is 9.03. The summed E-state index contributed by atoms with van der Waals surface area (Å²) in [5.74, 6) is 0.218. The summed E-state index contributed by atoms with van der Waals surface area (Å²) < 4.78 is 10.6. The predicted molar refractivity (Wildman–Crippen MR) is 79.6 cm³/mol. The molecule has 134 valence electrons. The third kappa shape index (κ3) is 4.93. The fraction of sp³-hybridized carbons (Fsp3) is 0.933. The molecule has 2 aliphatic rings. The van der Waals surface area contributed by atoms with Gasteiger partial charge in [0.2, 0.25) is 0 Å². The van der Waals surface area contributed by atoms with Crippen LogP contribution in [0.2, 0.25) is 0 Å². The third-order valence-electron chi connectivity index (χ3n) is 4.40. The number of unbranched alkanes of at least 4 members (excludes halogenated alkanes) is 1. The van der Waals surface area contributed by atoms with Crippen LogP contribution in [-0.2, 0) is 14.3 Å². The molecular weight excluding hydrogens is 306 g/mol. The Kier molecular flexibility index (Phi) is 7.35. The van der Waals surface area contributed by atoms with Crippen molar-refractivity contribution >= 4 is 5.78 Å². The molecule has 2 fully saturated rings. The zero-order chi connectivity index (χ0) is 16.8. The number of carbonyl (C=O) groups is 1. The van der Waals surface area contributed by atoms with Crippen molar-refractivity contribution in [1.82, 2.24) is 5.32 Å². The van der Waals surface area contributed by atoms with E-state index in [2.05, 4.69) is 5.32 Å². The van der Waals surface area contributed by atoms with Crippen LogP contribution in [0.5, 0.6) is 0 Å². The predicted octanol–water partition coefficient (Wildman–Crippen LogP) is -1.71. The molecule has 2 heterocycles. The first-order valence-corrected chi connectivity index (χ1v) is 8.23. The number of aliphatic hydroxyl groups is 4. The van der Waals surface area contributed by atoms with Gasteiger partial charge in [0.05, 0.1) is 12.6 Å². The van der Waals surface area contributed by atoms with Crippen LogP contribution in [0.1, 0.15) is 32.1 Å². The van der Waals surface area contributed by atoms with E-state index in [-0.39, 0.29) is 18.4 Å². The first-order chi connectivity index (χ1) is 11.0. The lowest BCUT2D eigenvalue weighted by molar-refractivity contribution is -0.301. The number of ketones is 1. The lowest BCUT2D eigenvalue weighted by atomic mass is 9.99. The standard InChI is InChI=1S/C15H27NO7/c17-8-11-12(19)13(20)14(21)15(23-11)22-7-2-1-5-10(18)9-4-3-6-16-9/h9,11-17,19-21H,1-8H2. The summed E-state index contributed by atoms with van der Waals surface area (Å²) in [6, 6.07) is -0.0126. The number of hydrogen-bond donors (Lipinski definition) is 5. The number of ether oxygens (including phenoxy) is 2. The van der Waals surface area contributed by atoms with E-state index in [4.69, 9.17) is 14.6 Å². The third-order valence-corrected chi connectivity index (χ3v) is 4.40. The van der Waals surface area contributed by atoms with Gasteiger partial charge in [0.1, 0.15) is 30.2 Å². The normalized spacial score (nSPS) is 37.9. The van der Waals surface area contributed by atoms with Gasteiger partial charge in [-0.15, -0.1) is 0 Å². The van der Waals surface area contributed by atoms with E-state index < -0.39 is 37.3 Å². The number of hydrogen-bond acceptors (Lipinski definition) is 8. The first kappa shape index (κ1) is 18.7. The van der Waals surface area contributed by atoms with E-state index >= 15 is 0 Å². The van der Waals surface area contributed by atoms with E-state index in [1.807, 2.05) is 0 Å². The molecule has 23 heavy (non-hydrogen) atoms. The number of Topliss-reactive ketones (excluding diaryl/α,β-unsaturated/α-hetero) is 1. The topological polar surface area (TPSA) is 128 Å². The Morgan fingerprint density at radius 1 is 1.17 bits per heavy atom. The Hall–Kier alpha value is -0.610. The molecule has 0 aromatic carbocycles. The number of nitrogens with one attached hydrogen (secondary N) is 1. The van der Waals surface area contributed by atoms with Gasteiger partial charge in [-0.25, -0.2) is 0 Å². The minimum atomic E-state index is -1.43. The number of rotatable bonds is 8. The van der Waals surface area contributed by atoms with Crippen LogP contribution >= 0.6 is 0 Å². The summed E-state index contributed by atoms with van der Waals surface area (Å²) in [5.41, 5.74) is 0. The minimum absolute atomic E-state index is 0.0126. The summed E-state index contributed by atoms with van der Waals surface area (Å²) in [6.45, 7) is 0.679. The van der Waals surface area contributed by atoms with Gasteiger partial charge >= 0.3 is 0 Å². The van der Waals surface area contributed by atoms with Gasteiger partial charge in [-0.3, -0.25) is 4.79 Å². The molecule has 8 heteroatoms. The lowest BCUT2D eigenvalue weighted by Gasteiger charge is -2.39. The molecule has 0 radical (unpaired) electrons. The summed E-state index contributed by atoms with van der Waals surface area (Å²) in [4.78, 5) is 11.9. The SMILES string of the molecule is O=C(CCCCOC1OC(CO)C(O)C(O)C1O)C1CCCN1. The summed E-state index contributed by atoms with van der Waals surface area (Å²) in [6.07, 6.45) is -2.54. The van der Waals surface area contributed by atoms with Crippen molar-refractivity contribution in [2.45, 2.75) is 68.9 Å². The molecule has 5 N–H and O–H groups in total. The summed E-state index contributed by atoms with van der Waals surface area (Å²) in [7, 11) is 0. The highest BCUT2D eigenvalue weighted by Gasteiger charge is 2.43. The van der Waals surface area contributed by atoms with Crippen LogP contribution < -0.4 is 5.32 Å². The minimum Gasteiger partial charge on any atom is -0.394 e. The molecule has 8 nitrogen and oxygen atoms in total. The van der Waals surface area contributed by atoms with Crippen molar-refractivity contribution in [2.75, 3.05) is 19.8 Å². The molecular formula is C15H27NO7. The quantitative estimate of drug-likeness (QED) is 0.332. The highest BCUT2D eigenvalue weighted by atomic mass is 16.7. The van der Waals surface area contributed by atoms with E-state index in [1.165, 1.54) is 0 Å². The lowest BCUT2D eigenvalue weighted by Crippen LogP contribution is -2.59. The van der Waals surface area contributed by atoms with Gasteiger partial charge in [-0.1, -0.05) is 0 Å². The van der Waals surface area contributed by atoms with Crippen molar-refractivity contribution in [3.63, 3.8) is 0 Å². The average Bonchev–Trinajstić information content (AvgIpc) is 3.08. The maximum atomic E-state index is 11.9. The van der Waals surface area contributed by atoms with Gasteiger partial charge in [0.25, 0.3) is 0 Å². The van der Waals surface area contributed by atoms with Crippen molar-refractivity contribution in [1.29, 1.82) is 0 Å². The molecule has 0 aliphatic carbocycles. The maximum absolute atomic E-state index is 11.9. The van der Waals surface area contributed by atoms with Crippen LogP contribution in [0.25, 0.3) is 0 Å². The van der Waals surface area contributed by atoms with E-state index in [0.29, 0.717) is 19.3 Å². The molecule has 2 saturated heterocycles. The average molecular weight is 333 g/mol. The van der Waals surface area contributed by atoms with Gasteiger partial charge in [-0.05, 0) is 32.2 Å².